The Labute approximate surface area is 121 Å². The molecule has 0 radical (unpaired) electrons. The van der Waals surface area contributed by atoms with E-state index < -0.39 is 11.6 Å². The summed E-state index contributed by atoms with van der Waals surface area (Å²) in [5, 5.41) is 2.99. The Morgan fingerprint density at radius 2 is 2.14 bits per heavy atom. The number of rotatable bonds is 4. The van der Waals surface area contributed by atoms with Gasteiger partial charge in [0.1, 0.15) is 23.8 Å². The molecule has 1 aliphatic heterocycles. The van der Waals surface area contributed by atoms with Crippen molar-refractivity contribution >= 4 is 5.82 Å². The van der Waals surface area contributed by atoms with Gasteiger partial charge in [0.15, 0.2) is 0 Å². The first-order chi connectivity index (χ1) is 10.2. The second-order valence-electron chi connectivity index (χ2n) is 4.98. The van der Waals surface area contributed by atoms with E-state index in [0.29, 0.717) is 12.4 Å². The summed E-state index contributed by atoms with van der Waals surface area (Å²) in [7, 11) is 0. The lowest BCUT2D eigenvalue weighted by Crippen LogP contribution is -2.07. The van der Waals surface area contributed by atoms with Gasteiger partial charge in [0.2, 0.25) is 0 Å². The van der Waals surface area contributed by atoms with Crippen LogP contribution < -0.4 is 5.32 Å². The van der Waals surface area contributed by atoms with Gasteiger partial charge in [-0.05, 0) is 24.6 Å². The summed E-state index contributed by atoms with van der Waals surface area (Å²) in [5.41, 5.74) is 1.17. The third-order valence-electron chi connectivity index (χ3n) is 3.50. The van der Waals surface area contributed by atoms with Crippen LogP contribution in [0.3, 0.4) is 0 Å². The van der Waals surface area contributed by atoms with Gasteiger partial charge in [0.05, 0.1) is 12.3 Å². The normalized spacial score (nSPS) is 17.9. The van der Waals surface area contributed by atoms with Gasteiger partial charge in [-0.2, -0.15) is 0 Å². The highest BCUT2D eigenvalue weighted by molar-refractivity contribution is 5.37. The number of benzene rings is 1. The van der Waals surface area contributed by atoms with Crippen LogP contribution in [0.4, 0.5) is 14.6 Å². The minimum absolute atomic E-state index is 0.168. The molecule has 1 aliphatic rings. The van der Waals surface area contributed by atoms with Crippen molar-refractivity contribution in [2.24, 2.45) is 0 Å². The van der Waals surface area contributed by atoms with E-state index in [9.17, 15) is 8.78 Å². The van der Waals surface area contributed by atoms with Gasteiger partial charge < -0.3 is 10.1 Å². The van der Waals surface area contributed by atoms with Crippen LogP contribution in [0.15, 0.2) is 30.6 Å². The summed E-state index contributed by atoms with van der Waals surface area (Å²) in [6.07, 6.45) is 2.41. The molecule has 0 spiro atoms. The van der Waals surface area contributed by atoms with E-state index in [4.69, 9.17) is 4.74 Å². The molecule has 0 amide bonds. The van der Waals surface area contributed by atoms with Gasteiger partial charge in [-0.1, -0.05) is 0 Å². The lowest BCUT2D eigenvalue weighted by atomic mass is 10.1. The summed E-state index contributed by atoms with van der Waals surface area (Å²) >= 11 is 0. The highest BCUT2D eigenvalue weighted by Gasteiger charge is 2.19. The minimum Gasteiger partial charge on any atom is -0.381 e. The predicted molar refractivity (Wildman–Crippen MR) is 73.9 cm³/mol. The second kappa shape index (κ2) is 6.13. The van der Waals surface area contributed by atoms with Crippen LogP contribution in [-0.2, 0) is 11.3 Å². The van der Waals surface area contributed by atoms with E-state index in [0.717, 1.165) is 30.9 Å². The first-order valence-electron chi connectivity index (χ1n) is 6.80. The van der Waals surface area contributed by atoms with Crippen LogP contribution in [0.1, 0.15) is 23.6 Å². The Morgan fingerprint density at radius 3 is 2.95 bits per heavy atom. The standard InChI is InChI=1S/C15H15F2N3O/c16-12-1-2-13(17)11(5-12)7-18-15-6-14(19-9-20-15)10-3-4-21-8-10/h1-2,5-6,9-10H,3-4,7-8H2,(H,18,19,20)/t10-/m0/s1. The molecule has 21 heavy (non-hydrogen) atoms. The Balaban J connectivity index is 1.70. The third kappa shape index (κ3) is 3.33. The van der Waals surface area contributed by atoms with Crippen molar-refractivity contribution in [1.82, 2.24) is 9.97 Å². The fourth-order valence-electron chi connectivity index (χ4n) is 2.32. The van der Waals surface area contributed by atoms with Crippen LogP contribution in [0, 0.1) is 11.6 Å². The van der Waals surface area contributed by atoms with Gasteiger partial charge in [0, 0.05) is 30.7 Å². The quantitative estimate of drug-likeness (QED) is 0.941. The summed E-state index contributed by atoms with van der Waals surface area (Å²) in [4.78, 5) is 8.34. The van der Waals surface area contributed by atoms with Gasteiger partial charge >= 0.3 is 0 Å². The number of aromatic nitrogens is 2. The van der Waals surface area contributed by atoms with Crippen molar-refractivity contribution in [2.45, 2.75) is 18.9 Å². The number of hydrogen-bond donors (Lipinski definition) is 1. The molecule has 0 unspecified atom stereocenters. The number of anilines is 1. The molecule has 0 saturated carbocycles. The van der Waals surface area contributed by atoms with E-state index in [1.807, 2.05) is 6.07 Å². The van der Waals surface area contributed by atoms with Gasteiger partial charge in [-0.3, -0.25) is 0 Å². The predicted octanol–water partition coefficient (Wildman–Crippen LogP) is 2.87. The number of nitrogens with one attached hydrogen (secondary N) is 1. The summed E-state index contributed by atoms with van der Waals surface area (Å²) in [6.45, 7) is 1.57. The number of halogens is 2. The Morgan fingerprint density at radius 1 is 1.24 bits per heavy atom. The molecule has 1 aromatic carbocycles. The average molecular weight is 291 g/mol. The van der Waals surface area contributed by atoms with E-state index in [2.05, 4.69) is 15.3 Å². The van der Waals surface area contributed by atoms with E-state index in [-0.39, 0.29) is 18.0 Å². The first kappa shape index (κ1) is 13.9. The van der Waals surface area contributed by atoms with Gasteiger partial charge in [0.25, 0.3) is 0 Å². The van der Waals surface area contributed by atoms with Crippen LogP contribution >= 0.6 is 0 Å². The zero-order valence-electron chi connectivity index (χ0n) is 11.4. The van der Waals surface area contributed by atoms with Crippen LogP contribution in [-0.4, -0.2) is 23.2 Å². The largest absolute Gasteiger partial charge is 0.381 e. The lowest BCUT2D eigenvalue weighted by molar-refractivity contribution is 0.193. The van der Waals surface area contributed by atoms with Gasteiger partial charge in [-0.15, -0.1) is 0 Å². The molecule has 1 saturated heterocycles. The number of ether oxygens (including phenoxy) is 1. The molecule has 2 aromatic rings. The average Bonchev–Trinajstić information content (AvgIpc) is 3.03. The highest BCUT2D eigenvalue weighted by Crippen LogP contribution is 2.24. The van der Waals surface area contributed by atoms with Crippen LogP contribution in [0.2, 0.25) is 0 Å². The zero-order chi connectivity index (χ0) is 14.7. The molecule has 1 atom stereocenters. The summed E-state index contributed by atoms with van der Waals surface area (Å²) < 4.78 is 32.0. The molecule has 0 bridgehead atoms. The molecule has 1 fully saturated rings. The topological polar surface area (TPSA) is 47.0 Å². The molecule has 0 aliphatic carbocycles. The van der Waals surface area contributed by atoms with Crippen molar-refractivity contribution in [2.75, 3.05) is 18.5 Å². The minimum atomic E-state index is -0.459. The Bertz CT molecular complexity index is 630. The maximum absolute atomic E-state index is 13.5. The van der Waals surface area contributed by atoms with Crippen LogP contribution in [0.5, 0.6) is 0 Å². The molecule has 6 heteroatoms. The molecule has 4 nitrogen and oxygen atoms in total. The highest BCUT2D eigenvalue weighted by atomic mass is 19.1. The zero-order valence-corrected chi connectivity index (χ0v) is 11.4. The van der Waals surface area contributed by atoms with Crippen molar-refractivity contribution < 1.29 is 13.5 Å². The fourth-order valence-corrected chi connectivity index (χ4v) is 2.32. The fraction of sp³-hybridized carbons (Fsp3) is 0.333. The molecule has 1 aromatic heterocycles. The number of hydrogen-bond acceptors (Lipinski definition) is 4. The monoisotopic (exact) mass is 291 g/mol. The van der Waals surface area contributed by atoms with Crippen molar-refractivity contribution in [3.63, 3.8) is 0 Å². The summed E-state index contributed by atoms with van der Waals surface area (Å²) in [6, 6.07) is 5.22. The Kier molecular flexibility index (Phi) is 4.06. The molecular formula is C15H15F2N3O. The molecule has 2 heterocycles. The van der Waals surface area contributed by atoms with Crippen molar-refractivity contribution in [3.05, 3.63) is 53.5 Å². The molecular weight excluding hydrogens is 276 g/mol. The molecule has 1 N–H and O–H groups in total. The smallest absolute Gasteiger partial charge is 0.129 e. The SMILES string of the molecule is Fc1ccc(F)c(CNc2cc([C@H]3CCOC3)ncn2)c1. The van der Waals surface area contributed by atoms with Crippen molar-refractivity contribution in [3.8, 4) is 0 Å². The molecule has 110 valence electrons. The van der Waals surface area contributed by atoms with E-state index >= 15 is 0 Å². The maximum atomic E-state index is 13.5. The Hall–Kier alpha value is -2.08. The summed E-state index contributed by atoms with van der Waals surface area (Å²) in [5.74, 6) is -0.0305. The second-order valence-corrected chi connectivity index (χ2v) is 4.98. The maximum Gasteiger partial charge on any atom is 0.129 e. The van der Waals surface area contributed by atoms with Gasteiger partial charge in [-0.25, -0.2) is 18.7 Å². The molecule has 3 rings (SSSR count). The third-order valence-corrected chi connectivity index (χ3v) is 3.50. The van der Waals surface area contributed by atoms with Crippen LogP contribution in [0.25, 0.3) is 0 Å². The van der Waals surface area contributed by atoms with E-state index in [1.54, 1.807) is 0 Å². The first-order valence-corrected chi connectivity index (χ1v) is 6.80. The van der Waals surface area contributed by atoms with Crippen molar-refractivity contribution in [1.29, 1.82) is 0 Å². The van der Waals surface area contributed by atoms with E-state index in [1.165, 1.54) is 12.4 Å². The lowest BCUT2D eigenvalue weighted by Gasteiger charge is -2.10. The number of nitrogens with zero attached hydrogens (tertiary/aromatic N) is 2.